The molecule has 2 fully saturated rings. The van der Waals surface area contributed by atoms with Gasteiger partial charge in [0, 0.05) is 31.1 Å². The topological polar surface area (TPSA) is 89.7 Å². The number of likely N-dealkylation sites (tertiary alicyclic amines) is 1. The second kappa shape index (κ2) is 10.9. The number of fused-ring (bicyclic) bond motifs is 1. The van der Waals surface area contributed by atoms with E-state index in [1.54, 1.807) is 18.2 Å². The number of aromatic carboxylic acids is 1. The number of carbonyl (C=O) groups is 1. The number of ether oxygens (including phenoxy) is 2. The van der Waals surface area contributed by atoms with E-state index >= 15 is 0 Å². The molecule has 6 rings (SSSR count). The SMILES string of the molecule is O=C(O)c1ccc2nc(CN3CCC(Oc4cccc(Cc5ccc(Cl)cc5F)c4)C3)n(C[C@@H]3CCO3)c2n1. The number of halogens is 2. The first-order valence-electron chi connectivity index (χ1n) is 13.0. The summed E-state index contributed by atoms with van der Waals surface area (Å²) in [4.78, 5) is 22.9. The lowest BCUT2D eigenvalue weighted by Gasteiger charge is -2.27. The molecule has 4 aromatic rings. The summed E-state index contributed by atoms with van der Waals surface area (Å²) in [6, 6.07) is 15.7. The molecule has 202 valence electrons. The van der Waals surface area contributed by atoms with Crippen LogP contribution in [-0.2, 0) is 24.2 Å². The molecule has 39 heavy (non-hydrogen) atoms. The molecule has 2 aliphatic rings. The zero-order chi connectivity index (χ0) is 26.9. The Morgan fingerprint density at radius 3 is 2.79 bits per heavy atom. The van der Waals surface area contributed by atoms with Crippen LogP contribution < -0.4 is 4.74 Å². The third kappa shape index (κ3) is 5.75. The minimum absolute atomic E-state index is 0.000366. The average molecular weight is 551 g/mol. The van der Waals surface area contributed by atoms with Crippen LogP contribution in [0, 0.1) is 5.82 Å². The third-order valence-electron chi connectivity index (χ3n) is 7.28. The predicted molar refractivity (Wildman–Crippen MR) is 144 cm³/mol. The quantitative estimate of drug-likeness (QED) is 0.315. The molecule has 8 nitrogen and oxygen atoms in total. The Kier molecular flexibility index (Phi) is 7.20. The van der Waals surface area contributed by atoms with Gasteiger partial charge in [-0.25, -0.2) is 19.2 Å². The minimum atomic E-state index is -1.06. The second-order valence-corrected chi connectivity index (χ2v) is 10.5. The van der Waals surface area contributed by atoms with Gasteiger partial charge in [0.05, 0.1) is 19.2 Å². The van der Waals surface area contributed by atoms with Gasteiger partial charge < -0.3 is 19.1 Å². The van der Waals surface area contributed by atoms with Crippen molar-refractivity contribution in [2.75, 3.05) is 19.7 Å². The van der Waals surface area contributed by atoms with Gasteiger partial charge in [0.2, 0.25) is 0 Å². The molecule has 2 aromatic heterocycles. The molecule has 1 N–H and O–H groups in total. The number of hydrogen-bond donors (Lipinski definition) is 1. The van der Waals surface area contributed by atoms with Crippen molar-refractivity contribution in [3.63, 3.8) is 0 Å². The number of benzene rings is 2. The fraction of sp³-hybridized carbons (Fsp3) is 0.345. The molecule has 0 radical (unpaired) electrons. The maximum atomic E-state index is 14.3. The molecule has 2 atom stereocenters. The Morgan fingerprint density at radius 1 is 1.15 bits per heavy atom. The summed E-state index contributed by atoms with van der Waals surface area (Å²) in [5.41, 5.74) is 2.80. The number of rotatable bonds is 9. The Labute approximate surface area is 229 Å². The van der Waals surface area contributed by atoms with E-state index in [0.29, 0.717) is 41.3 Å². The van der Waals surface area contributed by atoms with Crippen molar-refractivity contribution in [3.05, 3.63) is 88.1 Å². The lowest BCUT2D eigenvalue weighted by atomic mass is 10.0. The van der Waals surface area contributed by atoms with Crippen LogP contribution in [0.1, 0.15) is 40.3 Å². The summed E-state index contributed by atoms with van der Waals surface area (Å²) >= 11 is 5.88. The molecule has 0 bridgehead atoms. The van der Waals surface area contributed by atoms with Gasteiger partial charge in [-0.1, -0.05) is 29.8 Å². The lowest BCUT2D eigenvalue weighted by Crippen LogP contribution is -2.33. The molecule has 1 unspecified atom stereocenters. The maximum absolute atomic E-state index is 14.3. The smallest absolute Gasteiger partial charge is 0.354 e. The number of carboxylic acids is 1. The lowest BCUT2D eigenvalue weighted by molar-refractivity contribution is -0.0592. The van der Waals surface area contributed by atoms with Crippen LogP contribution in [0.5, 0.6) is 5.75 Å². The first-order valence-corrected chi connectivity index (χ1v) is 13.4. The Bertz CT molecular complexity index is 1520. The molecule has 10 heteroatoms. The minimum Gasteiger partial charge on any atom is -0.489 e. The van der Waals surface area contributed by atoms with Crippen LogP contribution in [-0.4, -0.2) is 62.4 Å². The number of nitrogens with zero attached hydrogens (tertiary/aromatic N) is 4. The van der Waals surface area contributed by atoms with Crippen molar-refractivity contribution in [1.82, 2.24) is 19.4 Å². The summed E-state index contributed by atoms with van der Waals surface area (Å²) < 4.78 is 28.2. The van der Waals surface area contributed by atoms with E-state index in [4.69, 9.17) is 26.1 Å². The largest absolute Gasteiger partial charge is 0.489 e. The van der Waals surface area contributed by atoms with Crippen molar-refractivity contribution < 1.29 is 23.8 Å². The van der Waals surface area contributed by atoms with Gasteiger partial charge in [0.1, 0.15) is 29.0 Å². The number of aromatic nitrogens is 3. The van der Waals surface area contributed by atoms with Crippen molar-refractivity contribution in [3.8, 4) is 5.75 Å². The highest BCUT2D eigenvalue weighted by atomic mass is 35.5. The van der Waals surface area contributed by atoms with Crippen molar-refractivity contribution in [2.24, 2.45) is 0 Å². The Hall–Kier alpha value is -3.53. The molecule has 2 aromatic carbocycles. The van der Waals surface area contributed by atoms with E-state index in [1.807, 2.05) is 28.8 Å². The number of carboxylic acid groups (broad SMARTS) is 1. The monoisotopic (exact) mass is 550 g/mol. The molecule has 2 aliphatic heterocycles. The van der Waals surface area contributed by atoms with Gasteiger partial charge in [0.25, 0.3) is 0 Å². The van der Waals surface area contributed by atoms with E-state index < -0.39 is 5.97 Å². The van der Waals surface area contributed by atoms with E-state index in [0.717, 1.165) is 49.7 Å². The van der Waals surface area contributed by atoms with Gasteiger partial charge in [-0.15, -0.1) is 0 Å². The number of hydrogen-bond acceptors (Lipinski definition) is 6. The van der Waals surface area contributed by atoms with Crippen molar-refractivity contribution in [1.29, 1.82) is 0 Å². The third-order valence-corrected chi connectivity index (χ3v) is 7.51. The van der Waals surface area contributed by atoms with Crippen LogP contribution in [0.15, 0.2) is 54.6 Å². The average Bonchev–Trinajstić information content (AvgIpc) is 3.46. The number of pyridine rings is 1. The maximum Gasteiger partial charge on any atom is 0.354 e. The van der Waals surface area contributed by atoms with Crippen molar-refractivity contribution in [2.45, 2.75) is 44.6 Å². The zero-order valence-corrected chi connectivity index (χ0v) is 22.0. The van der Waals surface area contributed by atoms with Gasteiger partial charge in [-0.2, -0.15) is 0 Å². The van der Waals surface area contributed by atoms with Crippen molar-refractivity contribution >= 4 is 28.7 Å². The van der Waals surface area contributed by atoms with E-state index in [1.165, 1.54) is 12.1 Å². The fourth-order valence-electron chi connectivity index (χ4n) is 5.16. The van der Waals surface area contributed by atoms with Crippen LogP contribution >= 0.6 is 11.6 Å². The summed E-state index contributed by atoms with van der Waals surface area (Å²) in [5, 5.41) is 9.80. The van der Waals surface area contributed by atoms with Gasteiger partial charge in [0.15, 0.2) is 11.3 Å². The molecule has 0 amide bonds. The van der Waals surface area contributed by atoms with Gasteiger partial charge >= 0.3 is 5.97 Å². The number of imidazole rings is 1. The molecule has 0 aliphatic carbocycles. The van der Waals surface area contributed by atoms with Crippen LogP contribution in [0.3, 0.4) is 0 Å². The van der Waals surface area contributed by atoms with Gasteiger partial charge in [-0.3, -0.25) is 4.90 Å². The highest BCUT2D eigenvalue weighted by molar-refractivity contribution is 6.30. The second-order valence-electron chi connectivity index (χ2n) is 10.1. The molecular weight excluding hydrogens is 523 g/mol. The first kappa shape index (κ1) is 25.7. The van der Waals surface area contributed by atoms with Gasteiger partial charge in [-0.05, 0) is 60.4 Å². The summed E-state index contributed by atoms with van der Waals surface area (Å²) in [7, 11) is 0. The zero-order valence-electron chi connectivity index (χ0n) is 21.2. The molecule has 2 saturated heterocycles. The van der Waals surface area contributed by atoms with Crippen LogP contribution in [0.4, 0.5) is 4.39 Å². The highest BCUT2D eigenvalue weighted by Crippen LogP contribution is 2.25. The highest BCUT2D eigenvalue weighted by Gasteiger charge is 2.28. The predicted octanol–water partition coefficient (Wildman–Crippen LogP) is 4.96. The molecule has 0 spiro atoms. The molecular formula is C29H28ClFN4O4. The Morgan fingerprint density at radius 2 is 2.03 bits per heavy atom. The normalized spacial score (nSPS) is 19.3. The fourth-order valence-corrected chi connectivity index (χ4v) is 5.31. The summed E-state index contributed by atoms with van der Waals surface area (Å²) in [6.07, 6.45) is 2.37. The van der Waals surface area contributed by atoms with Crippen LogP contribution in [0.2, 0.25) is 5.02 Å². The van der Waals surface area contributed by atoms with Crippen LogP contribution in [0.25, 0.3) is 11.2 Å². The van der Waals surface area contributed by atoms with E-state index in [-0.39, 0.29) is 23.7 Å². The van der Waals surface area contributed by atoms with E-state index in [9.17, 15) is 14.3 Å². The van der Waals surface area contributed by atoms with E-state index in [2.05, 4.69) is 9.88 Å². The first-order chi connectivity index (χ1) is 18.9. The Balaban J connectivity index is 1.13. The standard InChI is InChI=1S/C29H28ClFN4O4/c30-20-5-4-19(24(31)14-20)12-18-2-1-3-21(13-18)39-23-8-10-34(15-23)17-27-32-25-6-7-26(29(36)37)33-28(25)35(27)16-22-9-11-38-22/h1-7,13-14,22-23H,8-12,15-17H2,(H,36,37)/t22-,23?/m0/s1. The summed E-state index contributed by atoms with van der Waals surface area (Å²) in [5.74, 6) is 0.217. The molecule has 0 saturated carbocycles. The summed E-state index contributed by atoms with van der Waals surface area (Å²) in [6.45, 7) is 3.50. The molecule has 4 heterocycles.